The second-order valence-corrected chi connectivity index (χ2v) is 3.38. The molecule has 0 bridgehead atoms. The number of hydrogen-bond acceptors (Lipinski definition) is 1. The van der Waals surface area contributed by atoms with Gasteiger partial charge in [0.05, 0.1) is 0 Å². The summed E-state index contributed by atoms with van der Waals surface area (Å²) < 4.78 is 12.9. The van der Waals surface area contributed by atoms with Crippen molar-refractivity contribution in [2.24, 2.45) is 0 Å². The SMILES string of the molecule is CCCC(F)CCCCCC(=O)O. The highest BCUT2D eigenvalue weighted by atomic mass is 19.1. The lowest BCUT2D eigenvalue weighted by atomic mass is 10.1. The van der Waals surface area contributed by atoms with E-state index in [0.717, 1.165) is 19.3 Å². The number of aliphatic carboxylic acids is 1. The molecule has 1 N–H and O–H groups in total. The zero-order valence-corrected chi connectivity index (χ0v) is 8.26. The van der Waals surface area contributed by atoms with Crippen LogP contribution in [-0.2, 0) is 4.79 Å². The van der Waals surface area contributed by atoms with Crippen LogP contribution < -0.4 is 0 Å². The first kappa shape index (κ1) is 12.4. The molecule has 1 atom stereocenters. The van der Waals surface area contributed by atoms with E-state index in [4.69, 9.17) is 5.11 Å². The van der Waals surface area contributed by atoms with Gasteiger partial charge < -0.3 is 5.11 Å². The Morgan fingerprint density at radius 1 is 1.31 bits per heavy atom. The Labute approximate surface area is 79.1 Å². The van der Waals surface area contributed by atoms with E-state index in [0.29, 0.717) is 19.3 Å². The van der Waals surface area contributed by atoms with Crippen LogP contribution >= 0.6 is 0 Å². The molecule has 0 aliphatic heterocycles. The third kappa shape index (κ3) is 9.31. The molecule has 0 aromatic rings. The molecule has 0 rings (SSSR count). The van der Waals surface area contributed by atoms with Gasteiger partial charge in [0, 0.05) is 6.42 Å². The maximum atomic E-state index is 12.9. The normalized spacial score (nSPS) is 12.8. The Hall–Kier alpha value is -0.600. The summed E-state index contributed by atoms with van der Waals surface area (Å²) >= 11 is 0. The van der Waals surface area contributed by atoms with E-state index in [1.165, 1.54) is 0 Å². The van der Waals surface area contributed by atoms with Gasteiger partial charge in [0.25, 0.3) is 0 Å². The molecule has 0 saturated heterocycles. The molecule has 0 aromatic carbocycles. The van der Waals surface area contributed by atoms with Crippen LogP contribution in [0.4, 0.5) is 4.39 Å². The van der Waals surface area contributed by atoms with Gasteiger partial charge in [-0.25, -0.2) is 4.39 Å². The van der Waals surface area contributed by atoms with Crippen LogP contribution in [-0.4, -0.2) is 17.2 Å². The monoisotopic (exact) mass is 190 g/mol. The summed E-state index contributed by atoms with van der Waals surface area (Å²) in [6.07, 6.45) is 3.96. The van der Waals surface area contributed by atoms with E-state index in [-0.39, 0.29) is 6.42 Å². The number of halogens is 1. The number of carboxylic acids is 1. The number of unbranched alkanes of at least 4 members (excludes halogenated alkanes) is 2. The van der Waals surface area contributed by atoms with Crippen molar-refractivity contribution in [2.45, 2.75) is 58.0 Å². The van der Waals surface area contributed by atoms with Crippen LogP contribution in [0, 0.1) is 0 Å². The van der Waals surface area contributed by atoms with Crippen molar-refractivity contribution in [3.63, 3.8) is 0 Å². The van der Waals surface area contributed by atoms with Crippen LogP contribution in [0.1, 0.15) is 51.9 Å². The predicted octanol–water partition coefficient (Wildman–Crippen LogP) is 3.16. The van der Waals surface area contributed by atoms with Gasteiger partial charge in [-0.3, -0.25) is 4.79 Å². The maximum absolute atomic E-state index is 12.9. The number of rotatable bonds is 8. The largest absolute Gasteiger partial charge is 0.481 e. The van der Waals surface area contributed by atoms with Crippen molar-refractivity contribution in [3.8, 4) is 0 Å². The van der Waals surface area contributed by atoms with Crippen LogP contribution in [0.25, 0.3) is 0 Å². The molecule has 0 aromatic heterocycles. The lowest BCUT2D eigenvalue weighted by Crippen LogP contribution is -1.99. The summed E-state index contributed by atoms with van der Waals surface area (Å²) in [5, 5.41) is 8.33. The Kier molecular flexibility index (Phi) is 7.65. The van der Waals surface area contributed by atoms with Crippen LogP contribution in [0.3, 0.4) is 0 Å². The highest BCUT2D eigenvalue weighted by molar-refractivity contribution is 5.66. The van der Waals surface area contributed by atoms with Gasteiger partial charge in [-0.1, -0.05) is 26.2 Å². The molecule has 0 heterocycles. The Bertz CT molecular complexity index is 137. The molecule has 0 radical (unpaired) electrons. The van der Waals surface area contributed by atoms with Gasteiger partial charge in [0.1, 0.15) is 6.17 Å². The highest BCUT2D eigenvalue weighted by Gasteiger charge is 2.04. The van der Waals surface area contributed by atoms with Gasteiger partial charge in [-0.15, -0.1) is 0 Å². The fourth-order valence-corrected chi connectivity index (χ4v) is 1.28. The van der Waals surface area contributed by atoms with Crippen molar-refractivity contribution >= 4 is 5.97 Å². The van der Waals surface area contributed by atoms with E-state index < -0.39 is 12.1 Å². The molecule has 3 heteroatoms. The van der Waals surface area contributed by atoms with E-state index in [1.54, 1.807) is 0 Å². The molecule has 0 aliphatic rings. The maximum Gasteiger partial charge on any atom is 0.303 e. The third-order valence-corrected chi connectivity index (χ3v) is 2.01. The smallest absolute Gasteiger partial charge is 0.303 e. The lowest BCUT2D eigenvalue weighted by Gasteiger charge is -2.05. The first-order valence-electron chi connectivity index (χ1n) is 5.02. The van der Waals surface area contributed by atoms with E-state index in [1.807, 2.05) is 6.92 Å². The van der Waals surface area contributed by atoms with Gasteiger partial charge in [0.15, 0.2) is 0 Å². The van der Waals surface area contributed by atoms with Gasteiger partial charge in [-0.2, -0.15) is 0 Å². The van der Waals surface area contributed by atoms with Crippen molar-refractivity contribution in [3.05, 3.63) is 0 Å². The third-order valence-electron chi connectivity index (χ3n) is 2.01. The Balaban J connectivity index is 3.11. The number of alkyl halides is 1. The summed E-state index contributed by atoms with van der Waals surface area (Å²) in [5.41, 5.74) is 0. The second kappa shape index (κ2) is 8.02. The summed E-state index contributed by atoms with van der Waals surface area (Å²) in [6.45, 7) is 1.97. The van der Waals surface area contributed by atoms with Crippen LogP contribution in [0.2, 0.25) is 0 Å². The predicted molar refractivity (Wildman–Crippen MR) is 50.5 cm³/mol. The van der Waals surface area contributed by atoms with Crippen molar-refractivity contribution in [1.82, 2.24) is 0 Å². The minimum absolute atomic E-state index is 0.213. The molecule has 0 fully saturated rings. The fourth-order valence-electron chi connectivity index (χ4n) is 1.28. The summed E-state index contributed by atoms with van der Waals surface area (Å²) in [6, 6.07) is 0. The summed E-state index contributed by atoms with van der Waals surface area (Å²) in [5.74, 6) is -0.759. The topological polar surface area (TPSA) is 37.3 Å². The zero-order valence-electron chi connectivity index (χ0n) is 8.26. The molecule has 0 spiro atoms. The van der Waals surface area contributed by atoms with Crippen LogP contribution in [0.15, 0.2) is 0 Å². The van der Waals surface area contributed by atoms with E-state index in [2.05, 4.69) is 0 Å². The first-order chi connectivity index (χ1) is 6.16. The summed E-state index contributed by atoms with van der Waals surface area (Å²) in [7, 11) is 0. The second-order valence-electron chi connectivity index (χ2n) is 3.38. The Morgan fingerprint density at radius 2 is 2.00 bits per heavy atom. The molecular weight excluding hydrogens is 171 g/mol. The molecule has 1 unspecified atom stereocenters. The quantitative estimate of drug-likeness (QED) is 0.597. The standard InChI is InChI=1S/C10H19FO2/c1-2-6-9(11)7-4-3-5-8-10(12)13/h9H,2-8H2,1H3,(H,12,13). The number of carbonyl (C=O) groups is 1. The van der Waals surface area contributed by atoms with Crippen molar-refractivity contribution in [1.29, 1.82) is 0 Å². The van der Waals surface area contributed by atoms with Gasteiger partial charge in [0.2, 0.25) is 0 Å². The Morgan fingerprint density at radius 3 is 2.54 bits per heavy atom. The molecular formula is C10H19FO2. The van der Waals surface area contributed by atoms with E-state index >= 15 is 0 Å². The first-order valence-corrected chi connectivity index (χ1v) is 5.02. The lowest BCUT2D eigenvalue weighted by molar-refractivity contribution is -0.137. The summed E-state index contributed by atoms with van der Waals surface area (Å²) in [4.78, 5) is 10.1. The zero-order chi connectivity index (χ0) is 10.1. The average Bonchev–Trinajstić information content (AvgIpc) is 2.03. The van der Waals surface area contributed by atoms with Gasteiger partial charge >= 0.3 is 5.97 Å². The molecule has 13 heavy (non-hydrogen) atoms. The number of hydrogen-bond donors (Lipinski definition) is 1. The minimum atomic E-state index is -0.759. The molecule has 78 valence electrons. The minimum Gasteiger partial charge on any atom is -0.481 e. The average molecular weight is 190 g/mol. The van der Waals surface area contributed by atoms with Crippen molar-refractivity contribution < 1.29 is 14.3 Å². The molecule has 0 amide bonds. The van der Waals surface area contributed by atoms with Crippen molar-refractivity contribution in [2.75, 3.05) is 0 Å². The molecule has 0 aliphatic carbocycles. The highest BCUT2D eigenvalue weighted by Crippen LogP contribution is 2.12. The van der Waals surface area contributed by atoms with E-state index in [9.17, 15) is 9.18 Å². The number of carboxylic acid groups (broad SMARTS) is 1. The fraction of sp³-hybridized carbons (Fsp3) is 0.900. The molecule has 0 saturated carbocycles. The van der Waals surface area contributed by atoms with Gasteiger partial charge in [-0.05, 0) is 19.3 Å². The molecule has 2 nitrogen and oxygen atoms in total. The van der Waals surface area contributed by atoms with Crippen LogP contribution in [0.5, 0.6) is 0 Å².